The number of hydrogen-bond acceptors (Lipinski definition) is 4. The van der Waals surface area contributed by atoms with Crippen LogP contribution in [-0.2, 0) is 19.4 Å². The minimum atomic E-state index is 0.807. The van der Waals surface area contributed by atoms with E-state index in [-0.39, 0.29) is 0 Å². The molecule has 2 heterocycles. The number of guanidine groups is 1. The van der Waals surface area contributed by atoms with Crippen LogP contribution in [-0.4, -0.2) is 52.8 Å². The molecular formula is C15H24N6S. The van der Waals surface area contributed by atoms with Crippen LogP contribution in [0.5, 0.6) is 0 Å². The van der Waals surface area contributed by atoms with E-state index < -0.39 is 0 Å². The summed E-state index contributed by atoms with van der Waals surface area (Å²) in [6.45, 7) is 4.69. The van der Waals surface area contributed by atoms with Crippen molar-refractivity contribution in [2.45, 2.75) is 26.3 Å². The van der Waals surface area contributed by atoms with Crippen molar-refractivity contribution in [3.8, 4) is 0 Å². The van der Waals surface area contributed by atoms with Crippen molar-refractivity contribution in [3.63, 3.8) is 0 Å². The molecule has 0 atom stereocenters. The first-order valence-electron chi connectivity index (χ1n) is 7.55. The smallest absolute Gasteiger partial charge is 0.193 e. The Hall–Kier alpha value is -1.89. The Morgan fingerprint density at radius 3 is 3.05 bits per heavy atom. The zero-order chi connectivity index (χ0) is 15.8. The molecule has 0 aliphatic rings. The molecule has 0 aliphatic carbocycles. The molecule has 0 saturated heterocycles. The lowest BCUT2D eigenvalue weighted by molar-refractivity contribution is 0.482. The van der Waals surface area contributed by atoms with E-state index in [4.69, 9.17) is 0 Å². The molecule has 2 aromatic rings. The highest BCUT2D eigenvalue weighted by Gasteiger charge is 2.07. The fraction of sp³-hybridized carbons (Fsp3) is 0.533. The van der Waals surface area contributed by atoms with Crippen molar-refractivity contribution < 1.29 is 0 Å². The number of aryl methyl sites for hydroxylation is 1. The SMILES string of the molecule is CCc1nncn1CCNC(=NC)N(C)CCc1cccs1. The zero-order valence-corrected chi connectivity index (χ0v) is 14.3. The second-order valence-corrected chi connectivity index (χ2v) is 6.05. The van der Waals surface area contributed by atoms with Crippen molar-refractivity contribution in [2.24, 2.45) is 4.99 Å². The average Bonchev–Trinajstić information content (AvgIpc) is 3.20. The second-order valence-electron chi connectivity index (χ2n) is 5.02. The first-order valence-corrected chi connectivity index (χ1v) is 8.43. The Morgan fingerprint density at radius 2 is 2.36 bits per heavy atom. The summed E-state index contributed by atoms with van der Waals surface area (Å²) in [4.78, 5) is 7.91. The van der Waals surface area contributed by atoms with Gasteiger partial charge in [0, 0.05) is 45.0 Å². The third kappa shape index (κ3) is 4.56. The Morgan fingerprint density at radius 1 is 1.50 bits per heavy atom. The molecule has 0 fully saturated rings. The van der Waals surface area contributed by atoms with Crippen LogP contribution in [0.3, 0.4) is 0 Å². The van der Waals surface area contributed by atoms with E-state index in [0.717, 1.165) is 44.3 Å². The molecule has 0 radical (unpaired) electrons. The minimum Gasteiger partial charge on any atom is -0.354 e. The molecule has 22 heavy (non-hydrogen) atoms. The predicted octanol–water partition coefficient (Wildman–Crippen LogP) is 1.65. The molecule has 0 aliphatic heterocycles. The standard InChI is InChI=1S/C15H24N6S/c1-4-14-19-18-12-21(14)10-8-17-15(16-2)20(3)9-7-13-6-5-11-22-13/h5-6,11-12H,4,7-10H2,1-3H3,(H,16,17). The number of likely N-dealkylation sites (N-methyl/N-ethyl adjacent to an activating group) is 1. The van der Waals surface area contributed by atoms with Crippen molar-refractivity contribution >= 4 is 17.3 Å². The van der Waals surface area contributed by atoms with Crippen LogP contribution in [0.1, 0.15) is 17.6 Å². The number of thiophene rings is 1. The zero-order valence-electron chi connectivity index (χ0n) is 13.5. The van der Waals surface area contributed by atoms with Crippen LogP contribution in [0.4, 0.5) is 0 Å². The summed E-state index contributed by atoms with van der Waals surface area (Å²) < 4.78 is 2.08. The summed E-state index contributed by atoms with van der Waals surface area (Å²) in [5, 5.41) is 13.6. The van der Waals surface area contributed by atoms with Crippen molar-refractivity contribution in [1.82, 2.24) is 25.0 Å². The average molecular weight is 320 g/mol. The molecule has 1 N–H and O–H groups in total. The molecule has 2 aromatic heterocycles. The highest BCUT2D eigenvalue weighted by atomic mass is 32.1. The maximum atomic E-state index is 4.34. The number of rotatable bonds is 7. The molecule has 120 valence electrons. The highest BCUT2D eigenvalue weighted by molar-refractivity contribution is 7.09. The van der Waals surface area contributed by atoms with E-state index in [1.54, 1.807) is 17.7 Å². The summed E-state index contributed by atoms with van der Waals surface area (Å²) in [5.74, 6) is 1.94. The summed E-state index contributed by atoms with van der Waals surface area (Å²) >= 11 is 1.80. The van der Waals surface area contributed by atoms with Crippen molar-refractivity contribution in [1.29, 1.82) is 0 Å². The number of aromatic nitrogens is 3. The molecule has 0 bridgehead atoms. The van der Waals surface area contributed by atoms with Crippen LogP contribution in [0.15, 0.2) is 28.8 Å². The first kappa shape index (κ1) is 16.5. The van der Waals surface area contributed by atoms with E-state index in [9.17, 15) is 0 Å². The topological polar surface area (TPSA) is 58.3 Å². The van der Waals surface area contributed by atoms with Gasteiger partial charge in [-0.25, -0.2) is 0 Å². The number of hydrogen-bond donors (Lipinski definition) is 1. The van der Waals surface area contributed by atoms with Gasteiger partial charge in [0.25, 0.3) is 0 Å². The van der Waals surface area contributed by atoms with Gasteiger partial charge in [0.05, 0.1) is 0 Å². The van der Waals surface area contributed by atoms with Crippen molar-refractivity contribution in [2.75, 3.05) is 27.2 Å². The predicted molar refractivity (Wildman–Crippen MR) is 91.4 cm³/mol. The molecule has 2 rings (SSSR count). The number of aliphatic imine (C=N–C) groups is 1. The van der Waals surface area contributed by atoms with Gasteiger partial charge in [0.2, 0.25) is 0 Å². The van der Waals surface area contributed by atoms with E-state index in [2.05, 4.69) is 61.5 Å². The Bertz CT molecular complexity index is 575. The van der Waals surface area contributed by atoms with Gasteiger partial charge in [0.15, 0.2) is 5.96 Å². The summed E-state index contributed by atoms with van der Waals surface area (Å²) in [6.07, 6.45) is 3.72. The minimum absolute atomic E-state index is 0.807. The van der Waals surface area contributed by atoms with Gasteiger partial charge in [-0.05, 0) is 17.9 Å². The summed E-state index contributed by atoms with van der Waals surface area (Å²) in [6, 6.07) is 4.27. The van der Waals surface area contributed by atoms with Crippen LogP contribution in [0, 0.1) is 0 Å². The lowest BCUT2D eigenvalue weighted by Gasteiger charge is -2.22. The lowest BCUT2D eigenvalue weighted by atomic mass is 10.3. The van der Waals surface area contributed by atoms with Gasteiger partial charge in [-0.2, -0.15) is 0 Å². The number of nitrogens with one attached hydrogen (secondary N) is 1. The summed E-state index contributed by atoms with van der Waals surface area (Å²) in [7, 11) is 3.89. The Balaban J connectivity index is 1.76. The fourth-order valence-corrected chi connectivity index (χ4v) is 2.95. The van der Waals surface area contributed by atoms with E-state index in [1.165, 1.54) is 4.88 Å². The maximum Gasteiger partial charge on any atom is 0.193 e. The lowest BCUT2D eigenvalue weighted by Crippen LogP contribution is -2.41. The van der Waals surface area contributed by atoms with Gasteiger partial charge < -0.3 is 14.8 Å². The molecule has 0 aromatic carbocycles. The third-order valence-electron chi connectivity index (χ3n) is 3.49. The first-order chi connectivity index (χ1) is 10.7. The van der Waals surface area contributed by atoms with Gasteiger partial charge in [-0.3, -0.25) is 4.99 Å². The third-order valence-corrected chi connectivity index (χ3v) is 4.43. The molecular weight excluding hydrogens is 296 g/mol. The monoisotopic (exact) mass is 320 g/mol. The fourth-order valence-electron chi connectivity index (χ4n) is 2.25. The van der Waals surface area contributed by atoms with Gasteiger partial charge in [0.1, 0.15) is 12.2 Å². The molecule has 6 nitrogen and oxygen atoms in total. The van der Waals surface area contributed by atoms with Gasteiger partial charge in [-0.15, -0.1) is 21.5 Å². The molecule has 0 saturated carbocycles. The van der Waals surface area contributed by atoms with E-state index in [1.807, 2.05) is 7.05 Å². The molecule has 7 heteroatoms. The van der Waals surface area contributed by atoms with E-state index in [0.29, 0.717) is 0 Å². The largest absolute Gasteiger partial charge is 0.354 e. The second kappa shape index (κ2) is 8.53. The van der Waals surface area contributed by atoms with Crippen LogP contribution >= 0.6 is 11.3 Å². The normalized spacial score (nSPS) is 11.7. The Kier molecular flexibility index (Phi) is 6.39. The number of nitrogens with zero attached hydrogens (tertiary/aromatic N) is 5. The van der Waals surface area contributed by atoms with E-state index >= 15 is 0 Å². The highest BCUT2D eigenvalue weighted by Crippen LogP contribution is 2.09. The Labute approximate surface area is 135 Å². The van der Waals surface area contributed by atoms with Gasteiger partial charge >= 0.3 is 0 Å². The van der Waals surface area contributed by atoms with Gasteiger partial charge in [-0.1, -0.05) is 13.0 Å². The van der Waals surface area contributed by atoms with Crippen LogP contribution < -0.4 is 5.32 Å². The molecule has 0 unspecified atom stereocenters. The maximum absolute atomic E-state index is 4.34. The quantitative estimate of drug-likeness (QED) is 0.622. The van der Waals surface area contributed by atoms with Crippen LogP contribution in [0.2, 0.25) is 0 Å². The summed E-state index contributed by atoms with van der Waals surface area (Å²) in [5.41, 5.74) is 0. The molecule has 0 amide bonds. The molecule has 0 spiro atoms. The van der Waals surface area contributed by atoms with Crippen molar-refractivity contribution in [3.05, 3.63) is 34.5 Å². The van der Waals surface area contributed by atoms with Crippen LogP contribution in [0.25, 0.3) is 0 Å².